The van der Waals surface area contributed by atoms with Gasteiger partial charge in [0.2, 0.25) is 6.79 Å². The summed E-state index contributed by atoms with van der Waals surface area (Å²) in [5, 5.41) is 7.81. The van der Waals surface area contributed by atoms with Gasteiger partial charge < -0.3 is 14.8 Å². The number of hydrazone groups is 1. The van der Waals surface area contributed by atoms with Gasteiger partial charge in [0.25, 0.3) is 0 Å². The van der Waals surface area contributed by atoms with Gasteiger partial charge >= 0.3 is 0 Å². The highest BCUT2D eigenvalue weighted by Crippen LogP contribution is 2.36. The second-order valence-electron chi connectivity index (χ2n) is 3.60. The molecular weight excluding hydrogens is 286 g/mol. The van der Waals surface area contributed by atoms with E-state index in [1.165, 1.54) is 0 Å². The summed E-state index contributed by atoms with van der Waals surface area (Å²) in [4.78, 5) is 0. The molecule has 0 radical (unpaired) electrons. The Kier molecular flexibility index (Phi) is 4.59. The van der Waals surface area contributed by atoms with Crippen molar-refractivity contribution in [1.82, 2.24) is 10.7 Å². The number of nitrogens with zero attached hydrogens (tertiary/aromatic N) is 1. The van der Waals surface area contributed by atoms with Crippen LogP contribution in [-0.4, -0.2) is 24.7 Å². The zero-order valence-electron chi connectivity index (χ0n) is 9.98. The molecule has 0 saturated heterocycles. The Morgan fingerprint density at radius 3 is 2.95 bits per heavy atom. The van der Waals surface area contributed by atoms with Crippen LogP contribution in [-0.2, 0) is 0 Å². The van der Waals surface area contributed by atoms with Crippen LogP contribution < -0.4 is 20.2 Å². The maximum atomic E-state index is 6.09. The Morgan fingerprint density at radius 1 is 1.47 bits per heavy atom. The quantitative estimate of drug-likeness (QED) is 0.386. The van der Waals surface area contributed by atoms with Crippen molar-refractivity contribution in [1.29, 1.82) is 0 Å². The smallest absolute Gasteiger partial charge is 0.231 e. The van der Waals surface area contributed by atoms with Gasteiger partial charge in [-0.1, -0.05) is 17.7 Å². The van der Waals surface area contributed by atoms with E-state index in [1.54, 1.807) is 24.4 Å². The molecular formula is C12H12ClN3O2S. The van der Waals surface area contributed by atoms with Crippen LogP contribution in [0.15, 0.2) is 29.9 Å². The topological polar surface area (TPSA) is 54.9 Å². The molecule has 19 heavy (non-hydrogen) atoms. The summed E-state index contributed by atoms with van der Waals surface area (Å²) in [6.07, 6.45) is 3.26. The molecule has 0 atom stereocenters. The molecule has 1 aromatic carbocycles. The Hall–Kier alpha value is -1.79. The van der Waals surface area contributed by atoms with Crippen LogP contribution in [0.3, 0.4) is 0 Å². The van der Waals surface area contributed by atoms with E-state index >= 15 is 0 Å². The lowest BCUT2D eigenvalue weighted by molar-refractivity contribution is 0.174. The molecule has 2 rings (SSSR count). The molecule has 0 fully saturated rings. The molecule has 0 aliphatic carbocycles. The first kappa shape index (κ1) is 13.6. The lowest BCUT2D eigenvalue weighted by Crippen LogP contribution is -2.31. The summed E-state index contributed by atoms with van der Waals surface area (Å²) < 4.78 is 10.5. The standard InChI is InChI=1S/C12H12ClN3O2S/c1-2-3-14-12(19)16-15-6-8-4-10-11(5-9(8)13)18-7-17-10/h2,4-6H,1,3,7H2,(H2,14,16,19). The number of halogens is 1. The van der Waals surface area contributed by atoms with E-state index in [-0.39, 0.29) is 6.79 Å². The fourth-order valence-electron chi connectivity index (χ4n) is 1.40. The van der Waals surface area contributed by atoms with Gasteiger partial charge in [-0.3, -0.25) is 5.43 Å². The molecule has 1 aliphatic rings. The van der Waals surface area contributed by atoms with E-state index in [0.717, 1.165) is 0 Å². The second-order valence-corrected chi connectivity index (χ2v) is 4.41. The third-order valence-electron chi connectivity index (χ3n) is 2.27. The molecule has 7 heteroatoms. The summed E-state index contributed by atoms with van der Waals surface area (Å²) in [7, 11) is 0. The molecule has 2 N–H and O–H groups in total. The van der Waals surface area contributed by atoms with Crippen molar-refractivity contribution in [2.24, 2.45) is 5.10 Å². The van der Waals surface area contributed by atoms with E-state index in [0.29, 0.717) is 33.7 Å². The highest BCUT2D eigenvalue weighted by molar-refractivity contribution is 7.80. The van der Waals surface area contributed by atoms with Crippen molar-refractivity contribution in [3.05, 3.63) is 35.4 Å². The molecule has 1 aliphatic heterocycles. The van der Waals surface area contributed by atoms with Gasteiger partial charge in [0.15, 0.2) is 16.6 Å². The molecule has 100 valence electrons. The van der Waals surface area contributed by atoms with E-state index in [4.69, 9.17) is 33.3 Å². The van der Waals surface area contributed by atoms with Crippen LogP contribution in [0.1, 0.15) is 5.56 Å². The molecule has 0 bridgehead atoms. The predicted octanol–water partition coefficient (Wildman–Crippen LogP) is 2.05. The number of hydrogen-bond acceptors (Lipinski definition) is 4. The van der Waals surface area contributed by atoms with Crippen LogP contribution in [0.25, 0.3) is 0 Å². The highest BCUT2D eigenvalue weighted by atomic mass is 35.5. The first-order valence-corrected chi connectivity index (χ1v) is 6.26. The first-order valence-electron chi connectivity index (χ1n) is 5.47. The van der Waals surface area contributed by atoms with Gasteiger partial charge in [-0.15, -0.1) is 6.58 Å². The summed E-state index contributed by atoms with van der Waals surface area (Å²) in [5.41, 5.74) is 3.39. The number of rotatable bonds is 4. The van der Waals surface area contributed by atoms with Crippen molar-refractivity contribution in [3.8, 4) is 11.5 Å². The summed E-state index contributed by atoms with van der Waals surface area (Å²) in [6.45, 7) is 4.36. The van der Waals surface area contributed by atoms with Crippen LogP contribution in [0.4, 0.5) is 0 Å². The molecule has 1 heterocycles. The molecule has 1 aromatic rings. The van der Waals surface area contributed by atoms with Crippen LogP contribution in [0.5, 0.6) is 11.5 Å². The lowest BCUT2D eigenvalue weighted by Gasteiger charge is -2.04. The van der Waals surface area contributed by atoms with E-state index in [9.17, 15) is 0 Å². The van der Waals surface area contributed by atoms with Crippen molar-refractivity contribution < 1.29 is 9.47 Å². The third-order valence-corrected chi connectivity index (χ3v) is 2.83. The van der Waals surface area contributed by atoms with Gasteiger partial charge in [-0.2, -0.15) is 5.10 Å². The number of thiocarbonyl (C=S) groups is 1. The average Bonchev–Trinajstić information content (AvgIpc) is 2.83. The number of benzene rings is 1. The minimum atomic E-state index is 0.208. The molecule has 0 amide bonds. The van der Waals surface area contributed by atoms with Crippen molar-refractivity contribution in [2.75, 3.05) is 13.3 Å². The molecule has 0 saturated carbocycles. The largest absolute Gasteiger partial charge is 0.454 e. The summed E-state index contributed by atoms with van der Waals surface area (Å²) in [5.74, 6) is 1.29. The Morgan fingerprint density at radius 2 is 2.21 bits per heavy atom. The fraction of sp³-hybridized carbons (Fsp3) is 0.167. The predicted molar refractivity (Wildman–Crippen MR) is 79.1 cm³/mol. The Bertz CT molecular complexity index is 534. The zero-order chi connectivity index (χ0) is 13.7. The van der Waals surface area contributed by atoms with Crippen molar-refractivity contribution in [2.45, 2.75) is 0 Å². The lowest BCUT2D eigenvalue weighted by atomic mass is 10.2. The number of ether oxygens (including phenoxy) is 2. The molecule has 0 aromatic heterocycles. The Balaban J connectivity index is 1.99. The van der Waals surface area contributed by atoms with Crippen LogP contribution in [0.2, 0.25) is 5.02 Å². The second kappa shape index (κ2) is 6.40. The first-order chi connectivity index (χ1) is 9.20. The molecule has 0 spiro atoms. The van der Waals surface area contributed by atoms with Crippen LogP contribution >= 0.6 is 23.8 Å². The average molecular weight is 298 g/mol. The van der Waals surface area contributed by atoms with Crippen LogP contribution in [0, 0.1) is 0 Å². The highest BCUT2D eigenvalue weighted by Gasteiger charge is 2.15. The normalized spacial score (nSPS) is 12.5. The Labute approximate surface area is 121 Å². The number of hydrogen-bond donors (Lipinski definition) is 2. The van der Waals surface area contributed by atoms with Crippen molar-refractivity contribution in [3.63, 3.8) is 0 Å². The minimum absolute atomic E-state index is 0.208. The number of fused-ring (bicyclic) bond motifs is 1. The minimum Gasteiger partial charge on any atom is -0.454 e. The maximum absolute atomic E-state index is 6.09. The third kappa shape index (κ3) is 3.59. The SMILES string of the molecule is C=CCNC(=S)NN=Cc1cc2c(cc1Cl)OCO2. The number of nitrogens with one attached hydrogen (secondary N) is 2. The van der Waals surface area contributed by atoms with Crippen molar-refractivity contribution >= 4 is 35.1 Å². The van der Waals surface area contributed by atoms with Gasteiger partial charge in [0.1, 0.15) is 0 Å². The van der Waals surface area contributed by atoms with E-state index in [1.807, 2.05) is 0 Å². The van der Waals surface area contributed by atoms with E-state index < -0.39 is 0 Å². The fourth-order valence-corrected chi connectivity index (χ4v) is 1.74. The van der Waals surface area contributed by atoms with Gasteiger partial charge in [-0.05, 0) is 18.3 Å². The van der Waals surface area contributed by atoms with Gasteiger partial charge in [0, 0.05) is 18.2 Å². The summed E-state index contributed by atoms with van der Waals surface area (Å²) in [6, 6.07) is 3.45. The molecule has 0 unspecified atom stereocenters. The van der Waals surface area contributed by atoms with Gasteiger partial charge in [0.05, 0.1) is 11.2 Å². The monoisotopic (exact) mass is 297 g/mol. The molecule has 5 nitrogen and oxygen atoms in total. The van der Waals surface area contributed by atoms with E-state index in [2.05, 4.69) is 22.4 Å². The summed E-state index contributed by atoms with van der Waals surface area (Å²) >= 11 is 11.1. The van der Waals surface area contributed by atoms with Gasteiger partial charge in [-0.25, -0.2) is 0 Å². The maximum Gasteiger partial charge on any atom is 0.231 e. The zero-order valence-corrected chi connectivity index (χ0v) is 11.6.